The van der Waals surface area contributed by atoms with Gasteiger partial charge >= 0.3 is 0 Å². The highest BCUT2D eigenvalue weighted by molar-refractivity contribution is 6.24. The first-order chi connectivity index (χ1) is 16.5. The van der Waals surface area contributed by atoms with Gasteiger partial charge in [0, 0.05) is 35.0 Å². The molecule has 1 aromatic carbocycles. The average molecular weight is 501 g/mol. The second-order valence-corrected chi connectivity index (χ2v) is 10.6. The number of rotatable bonds is 8. The summed E-state index contributed by atoms with van der Waals surface area (Å²) in [5, 5.41) is 54.8. The molecule has 36 heavy (non-hydrogen) atoms. The van der Waals surface area contributed by atoms with Crippen LogP contribution < -0.4 is 0 Å². The van der Waals surface area contributed by atoms with Gasteiger partial charge in [-0.05, 0) is 34.1 Å². The van der Waals surface area contributed by atoms with Gasteiger partial charge in [0.2, 0.25) is 0 Å². The molecule has 2 rings (SSSR count). The normalized spacial score (nSPS) is 15.7. The number of aliphatic hydroxyl groups excluding tert-OH is 2. The number of aromatic hydroxyl groups is 3. The Morgan fingerprint density at radius 2 is 1.33 bits per heavy atom. The van der Waals surface area contributed by atoms with Crippen molar-refractivity contribution in [3.63, 3.8) is 0 Å². The number of hydrogen-bond donors (Lipinski definition) is 5. The summed E-state index contributed by atoms with van der Waals surface area (Å²) in [6, 6.07) is 0. The van der Waals surface area contributed by atoms with Crippen molar-refractivity contribution in [1.82, 2.24) is 0 Å². The molecule has 0 atom stereocenters. The van der Waals surface area contributed by atoms with Gasteiger partial charge in [0.25, 0.3) is 0 Å². The highest BCUT2D eigenvalue weighted by atomic mass is 16.3. The highest BCUT2D eigenvalue weighted by Gasteiger charge is 2.46. The van der Waals surface area contributed by atoms with Gasteiger partial charge < -0.3 is 25.5 Å². The summed E-state index contributed by atoms with van der Waals surface area (Å²) in [6.45, 7) is 12.7. The zero-order valence-electron chi connectivity index (χ0n) is 22.1. The van der Waals surface area contributed by atoms with Crippen molar-refractivity contribution in [2.24, 2.45) is 17.3 Å². The Kier molecular flexibility index (Phi) is 8.13. The van der Waals surface area contributed by atoms with E-state index in [9.17, 15) is 39.9 Å². The van der Waals surface area contributed by atoms with E-state index in [0.29, 0.717) is 0 Å². The lowest BCUT2D eigenvalue weighted by atomic mass is 9.72. The van der Waals surface area contributed by atoms with Crippen LogP contribution in [0.15, 0.2) is 34.3 Å². The topological polar surface area (TPSA) is 152 Å². The van der Waals surface area contributed by atoms with Crippen LogP contribution in [0.25, 0.3) is 0 Å². The molecule has 0 heterocycles. The summed E-state index contributed by atoms with van der Waals surface area (Å²) in [7, 11) is 0. The van der Waals surface area contributed by atoms with Gasteiger partial charge in [-0.2, -0.15) is 0 Å². The van der Waals surface area contributed by atoms with E-state index in [1.54, 1.807) is 33.8 Å². The van der Waals surface area contributed by atoms with E-state index in [-0.39, 0.29) is 28.7 Å². The SMILES string of the molecule is CC(C)=CCc1c(O)c(CC2=C(O)C(C)(C)C(=O)C(C(=O)C(C)C)=C2O)c(O)c(C(=O)C(C)C)c1O. The van der Waals surface area contributed by atoms with Crippen molar-refractivity contribution in [3.8, 4) is 17.2 Å². The third kappa shape index (κ3) is 4.90. The van der Waals surface area contributed by atoms with Crippen molar-refractivity contribution in [1.29, 1.82) is 0 Å². The standard InChI is InChI=1S/C28H36O8/c1-12(2)9-10-15-22(31)16(24(33)18(23(15)32)20(29)13(3)4)11-17-25(34)19(21(30)14(5)6)27(36)28(7,8)26(17)35/h9,13-14,31-35H,10-11H2,1-8H3. The number of phenols is 3. The first-order valence-electron chi connectivity index (χ1n) is 11.9. The van der Waals surface area contributed by atoms with E-state index in [0.717, 1.165) is 5.57 Å². The zero-order chi connectivity index (χ0) is 27.9. The predicted octanol–water partition coefficient (Wildman–Crippen LogP) is 5.15. The molecule has 0 saturated heterocycles. The van der Waals surface area contributed by atoms with Crippen molar-refractivity contribution in [3.05, 3.63) is 51.0 Å². The maximum atomic E-state index is 13.0. The van der Waals surface area contributed by atoms with E-state index in [1.165, 1.54) is 13.8 Å². The van der Waals surface area contributed by atoms with Crippen LogP contribution in [0.5, 0.6) is 17.2 Å². The summed E-state index contributed by atoms with van der Waals surface area (Å²) < 4.78 is 0. The van der Waals surface area contributed by atoms with Gasteiger partial charge in [0.05, 0.1) is 5.41 Å². The molecule has 5 N–H and O–H groups in total. The van der Waals surface area contributed by atoms with E-state index in [2.05, 4.69) is 0 Å². The van der Waals surface area contributed by atoms with Crippen LogP contribution in [0.1, 0.15) is 76.9 Å². The van der Waals surface area contributed by atoms with Crippen molar-refractivity contribution < 1.29 is 39.9 Å². The minimum absolute atomic E-state index is 0.0128. The Bertz CT molecular complexity index is 1220. The smallest absolute Gasteiger partial charge is 0.183 e. The molecule has 1 aliphatic rings. The lowest BCUT2D eigenvalue weighted by Gasteiger charge is -2.31. The van der Waals surface area contributed by atoms with Gasteiger partial charge in [-0.15, -0.1) is 0 Å². The summed E-state index contributed by atoms with van der Waals surface area (Å²) >= 11 is 0. The first kappa shape index (κ1) is 28.7. The van der Waals surface area contributed by atoms with Crippen molar-refractivity contribution in [2.75, 3.05) is 0 Å². The van der Waals surface area contributed by atoms with Gasteiger partial charge in [-0.3, -0.25) is 14.4 Å². The molecule has 0 spiro atoms. The lowest BCUT2D eigenvalue weighted by molar-refractivity contribution is -0.128. The fraction of sp³-hybridized carbons (Fsp3) is 0.464. The lowest BCUT2D eigenvalue weighted by Crippen LogP contribution is -2.37. The molecule has 1 aliphatic carbocycles. The third-order valence-corrected chi connectivity index (χ3v) is 6.42. The number of phenolic OH excluding ortho intramolecular Hbond substituents is 3. The van der Waals surface area contributed by atoms with Crippen LogP contribution in [-0.4, -0.2) is 42.9 Å². The molecule has 0 unspecified atom stereocenters. The number of aliphatic hydroxyl groups is 2. The highest BCUT2D eigenvalue weighted by Crippen LogP contribution is 2.47. The second-order valence-electron chi connectivity index (χ2n) is 10.6. The Morgan fingerprint density at radius 3 is 1.81 bits per heavy atom. The number of benzene rings is 1. The Hall–Kier alpha value is -3.55. The Labute approximate surface area is 211 Å². The second kappa shape index (κ2) is 10.2. The average Bonchev–Trinajstić information content (AvgIpc) is 2.77. The molecular formula is C28H36O8. The molecule has 0 fully saturated rings. The zero-order valence-corrected chi connectivity index (χ0v) is 22.1. The molecule has 0 saturated carbocycles. The number of hydrogen-bond acceptors (Lipinski definition) is 8. The van der Waals surface area contributed by atoms with Crippen LogP contribution in [-0.2, 0) is 22.4 Å². The van der Waals surface area contributed by atoms with Crippen molar-refractivity contribution in [2.45, 2.75) is 68.2 Å². The van der Waals surface area contributed by atoms with Gasteiger partial charge in [-0.25, -0.2) is 0 Å². The molecule has 0 bridgehead atoms. The molecule has 8 nitrogen and oxygen atoms in total. The van der Waals surface area contributed by atoms with E-state index >= 15 is 0 Å². The summed E-state index contributed by atoms with van der Waals surface area (Å²) in [4.78, 5) is 38.7. The van der Waals surface area contributed by atoms with E-state index in [1.807, 2.05) is 13.8 Å². The number of Topliss-reactive ketones (excluding diaryl/α,β-unsaturated/α-hetero) is 3. The Morgan fingerprint density at radius 1 is 0.833 bits per heavy atom. The summed E-state index contributed by atoms with van der Waals surface area (Å²) in [5.41, 5.74) is -2.02. The molecule has 1 aromatic rings. The van der Waals surface area contributed by atoms with Crippen LogP contribution >= 0.6 is 0 Å². The molecule has 8 heteroatoms. The molecule has 0 amide bonds. The summed E-state index contributed by atoms with van der Waals surface area (Å²) in [5.74, 6) is -6.22. The Balaban J connectivity index is 2.90. The van der Waals surface area contributed by atoms with Crippen LogP contribution in [0, 0.1) is 17.3 Å². The van der Waals surface area contributed by atoms with Gasteiger partial charge in [0.1, 0.15) is 39.9 Å². The third-order valence-electron chi connectivity index (χ3n) is 6.42. The minimum atomic E-state index is -1.56. The number of carbonyl (C=O) groups excluding carboxylic acids is 3. The molecule has 0 aliphatic heterocycles. The number of ketones is 3. The summed E-state index contributed by atoms with van der Waals surface area (Å²) in [6.07, 6.45) is 1.25. The fourth-order valence-electron chi connectivity index (χ4n) is 4.04. The molecule has 0 radical (unpaired) electrons. The van der Waals surface area contributed by atoms with E-state index in [4.69, 9.17) is 0 Å². The maximum Gasteiger partial charge on any atom is 0.183 e. The van der Waals surface area contributed by atoms with Crippen LogP contribution in [0.3, 0.4) is 0 Å². The monoisotopic (exact) mass is 500 g/mol. The fourth-order valence-corrected chi connectivity index (χ4v) is 4.04. The van der Waals surface area contributed by atoms with Crippen LogP contribution in [0.4, 0.5) is 0 Å². The first-order valence-corrected chi connectivity index (χ1v) is 11.9. The molecular weight excluding hydrogens is 464 g/mol. The van der Waals surface area contributed by atoms with Gasteiger partial charge in [-0.1, -0.05) is 39.3 Å². The minimum Gasteiger partial charge on any atom is -0.511 e. The largest absolute Gasteiger partial charge is 0.511 e. The molecule has 196 valence electrons. The number of allylic oxidation sites excluding steroid dienone is 5. The van der Waals surface area contributed by atoms with E-state index < -0.39 is 75.4 Å². The maximum absolute atomic E-state index is 13.0. The van der Waals surface area contributed by atoms with Gasteiger partial charge in [0.15, 0.2) is 17.3 Å². The molecule has 0 aromatic heterocycles. The van der Waals surface area contributed by atoms with Crippen LogP contribution in [0.2, 0.25) is 0 Å². The quantitative estimate of drug-likeness (QED) is 0.187. The van der Waals surface area contributed by atoms with Crippen molar-refractivity contribution >= 4 is 17.3 Å². The number of carbonyl (C=O) groups is 3. The predicted molar refractivity (Wildman–Crippen MR) is 135 cm³/mol.